The highest BCUT2D eigenvalue weighted by Gasteiger charge is 2.37. The first-order valence-corrected chi connectivity index (χ1v) is 7.61. The molecule has 0 saturated carbocycles. The molecule has 21 heavy (non-hydrogen) atoms. The van der Waals surface area contributed by atoms with Crippen molar-refractivity contribution in [3.63, 3.8) is 0 Å². The number of hydrazine groups is 1. The van der Waals surface area contributed by atoms with Gasteiger partial charge in [0.1, 0.15) is 0 Å². The van der Waals surface area contributed by atoms with Crippen molar-refractivity contribution in [2.45, 2.75) is 31.3 Å². The molecule has 3 rings (SSSR count). The molecule has 1 fully saturated rings. The van der Waals surface area contributed by atoms with E-state index in [1.54, 1.807) is 13.2 Å². The summed E-state index contributed by atoms with van der Waals surface area (Å²) in [5.41, 5.74) is 1.19. The SMILES string of the molecule is COC[C@@H]1CCCN1N1C(=O)C=CC[C@@H]1c1ccccc1. The van der Waals surface area contributed by atoms with E-state index >= 15 is 0 Å². The van der Waals surface area contributed by atoms with E-state index < -0.39 is 0 Å². The number of benzene rings is 1. The fourth-order valence-electron chi connectivity index (χ4n) is 3.35. The molecule has 0 N–H and O–H groups in total. The quantitative estimate of drug-likeness (QED) is 0.852. The highest BCUT2D eigenvalue weighted by Crippen LogP contribution is 2.33. The van der Waals surface area contributed by atoms with Gasteiger partial charge >= 0.3 is 0 Å². The van der Waals surface area contributed by atoms with Crippen LogP contribution in [-0.2, 0) is 9.53 Å². The van der Waals surface area contributed by atoms with Crippen LogP contribution in [0.2, 0.25) is 0 Å². The van der Waals surface area contributed by atoms with Gasteiger partial charge in [-0.3, -0.25) is 9.80 Å². The molecule has 2 atom stereocenters. The van der Waals surface area contributed by atoms with Crippen LogP contribution in [-0.4, -0.2) is 42.2 Å². The van der Waals surface area contributed by atoms with Crippen molar-refractivity contribution in [3.05, 3.63) is 48.0 Å². The summed E-state index contributed by atoms with van der Waals surface area (Å²) in [4.78, 5) is 12.5. The summed E-state index contributed by atoms with van der Waals surface area (Å²) in [5, 5.41) is 4.17. The lowest BCUT2D eigenvalue weighted by Crippen LogP contribution is -2.52. The molecule has 0 unspecified atom stereocenters. The molecular formula is C17H22N2O2. The summed E-state index contributed by atoms with van der Waals surface area (Å²) >= 11 is 0. The number of ether oxygens (including phenoxy) is 1. The standard InChI is InChI=1S/C17H22N2O2/c1-21-13-15-9-6-12-18(15)19-16(10-5-11-17(19)20)14-7-3-2-4-8-14/h2-5,7-8,11,15-16H,6,9-10,12-13H2,1H3/t15-,16+/m0/s1. The van der Waals surface area contributed by atoms with Gasteiger partial charge < -0.3 is 4.74 Å². The van der Waals surface area contributed by atoms with Crippen molar-refractivity contribution in [3.8, 4) is 0 Å². The average molecular weight is 286 g/mol. The normalized spacial score (nSPS) is 26.5. The molecule has 0 radical (unpaired) electrons. The topological polar surface area (TPSA) is 32.8 Å². The third-order valence-electron chi connectivity index (χ3n) is 4.31. The smallest absolute Gasteiger partial charge is 0.261 e. The van der Waals surface area contributed by atoms with E-state index in [0.717, 1.165) is 25.8 Å². The maximum Gasteiger partial charge on any atom is 0.261 e. The predicted octanol–water partition coefficient (Wildman–Crippen LogP) is 2.54. The van der Waals surface area contributed by atoms with E-state index in [0.29, 0.717) is 12.6 Å². The van der Waals surface area contributed by atoms with E-state index in [9.17, 15) is 4.79 Å². The highest BCUT2D eigenvalue weighted by molar-refractivity contribution is 5.88. The van der Waals surface area contributed by atoms with Crippen LogP contribution in [0, 0.1) is 0 Å². The Morgan fingerprint density at radius 2 is 2.10 bits per heavy atom. The maximum absolute atomic E-state index is 12.5. The first-order valence-electron chi connectivity index (χ1n) is 7.61. The van der Waals surface area contributed by atoms with Crippen LogP contribution in [0.4, 0.5) is 0 Å². The van der Waals surface area contributed by atoms with E-state index in [-0.39, 0.29) is 11.9 Å². The van der Waals surface area contributed by atoms with Crippen molar-refractivity contribution in [1.29, 1.82) is 0 Å². The average Bonchev–Trinajstić information content (AvgIpc) is 2.96. The number of hydrogen-bond donors (Lipinski definition) is 0. The molecule has 0 aliphatic carbocycles. The second-order valence-electron chi connectivity index (χ2n) is 5.66. The molecule has 1 amide bonds. The van der Waals surface area contributed by atoms with Crippen LogP contribution in [0.25, 0.3) is 0 Å². The Labute approximate surface area is 126 Å². The minimum Gasteiger partial charge on any atom is -0.383 e. The molecule has 4 heteroatoms. The van der Waals surface area contributed by atoms with Gasteiger partial charge in [-0.1, -0.05) is 36.4 Å². The Kier molecular flexibility index (Phi) is 4.36. The fourth-order valence-corrected chi connectivity index (χ4v) is 3.35. The number of hydrogen-bond acceptors (Lipinski definition) is 3. The van der Waals surface area contributed by atoms with Crippen LogP contribution in [0.1, 0.15) is 30.9 Å². The summed E-state index contributed by atoms with van der Waals surface area (Å²) in [6, 6.07) is 10.7. The summed E-state index contributed by atoms with van der Waals surface area (Å²) in [6.07, 6.45) is 6.75. The molecule has 1 aromatic rings. The zero-order valence-electron chi connectivity index (χ0n) is 12.4. The number of nitrogens with zero attached hydrogens (tertiary/aromatic N) is 2. The van der Waals surface area contributed by atoms with Crippen LogP contribution < -0.4 is 0 Å². The Balaban J connectivity index is 1.89. The lowest BCUT2D eigenvalue weighted by molar-refractivity contribution is -0.155. The predicted molar refractivity (Wildman–Crippen MR) is 81.4 cm³/mol. The lowest BCUT2D eigenvalue weighted by Gasteiger charge is -2.42. The number of methoxy groups -OCH3 is 1. The van der Waals surface area contributed by atoms with Gasteiger partial charge in [0.2, 0.25) is 0 Å². The minimum atomic E-state index is 0.0816. The molecule has 2 aliphatic heterocycles. The first kappa shape index (κ1) is 14.3. The van der Waals surface area contributed by atoms with Gasteiger partial charge in [-0.15, -0.1) is 0 Å². The van der Waals surface area contributed by atoms with Crippen LogP contribution in [0.5, 0.6) is 0 Å². The largest absolute Gasteiger partial charge is 0.383 e. The first-order chi connectivity index (χ1) is 10.3. The third-order valence-corrected chi connectivity index (χ3v) is 4.31. The van der Waals surface area contributed by atoms with Crippen molar-refractivity contribution in [1.82, 2.24) is 10.0 Å². The molecule has 2 aliphatic rings. The van der Waals surface area contributed by atoms with Crippen LogP contribution in [0.3, 0.4) is 0 Å². The van der Waals surface area contributed by atoms with Crippen LogP contribution in [0.15, 0.2) is 42.5 Å². The number of rotatable bonds is 4. The van der Waals surface area contributed by atoms with Gasteiger partial charge in [-0.25, -0.2) is 5.01 Å². The Bertz CT molecular complexity index is 515. The zero-order valence-corrected chi connectivity index (χ0v) is 12.4. The zero-order chi connectivity index (χ0) is 14.7. The molecule has 1 aromatic carbocycles. The molecule has 0 aromatic heterocycles. The minimum absolute atomic E-state index is 0.0816. The van der Waals surface area contributed by atoms with Gasteiger partial charge in [-0.05, 0) is 24.8 Å². The van der Waals surface area contributed by atoms with Crippen molar-refractivity contribution in [2.75, 3.05) is 20.3 Å². The van der Waals surface area contributed by atoms with Gasteiger partial charge in [0.05, 0.1) is 18.7 Å². The van der Waals surface area contributed by atoms with Gasteiger partial charge in [0, 0.05) is 19.7 Å². The third kappa shape index (κ3) is 2.87. The highest BCUT2D eigenvalue weighted by atomic mass is 16.5. The van der Waals surface area contributed by atoms with Gasteiger partial charge in [0.15, 0.2) is 0 Å². The van der Waals surface area contributed by atoms with Crippen molar-refractivity contribution >= 4 is 5.91 Å². The number of carbonyl (C=O) groups is 1. The number of amides is 1. The molecular weight excluding hydrogens is 264 g/mol. The molecule has 0 bridgehead atoms. The second-order valence-corrected chi connectivity index (χ2v) is 5.66. The monoisotopic (exact) mass is 286 g/mol. The van der Waals surface area contributed by atoms with Crippen LogP contribution >= 0.6 is 0 Å². The number of carbonyl (C=O) groups excluding carboxylic acids is 1. The molecule has 112 valence electrons. The Morgan fingerprint density at radius 1 is 1.29 bits per heavy atom. The fraction of sp³-hybridized carbons (Fsp3) is 0.471. The van der Waals surface area contributed by atoms with E-state index in [1.165, 1.54) is 5.56 Å². The summed E-state index contributed by atoms with van der Waals surface area (Å²) in [6.45, 7) is 1.60. The van der Waals surface area contributed by atoms with Crippen molar-refractivity contribution < 1.29 is 9.53 Å². The Morgan fingerprint density at radius 3 is 2.86 bits per heavy atom. The van der Waals surface area contributed by atoms with Crippen molar-refractivity contribution in [2.24, 2.45) is 0 Å². The van der Waals surface area contributed by atoms with Gasteiger partial charge in [0.25, 0.3) is 5.91 Å². The summed E-state index contributed by atoms with van der Waals surface area (Å²) in [5.74, 6) is 0.0816. The maximum atomic E-state index is 12.5. The molecule has 0 spiro atoms. The van der Waals surface area contributed by atoms with E-state index in [2.05, 4.69) is 17.1 Å². The van der Waals surface area contributed by atoms with E-state index in [1.807, 2.05) is 29.3 Å². The summed E-state index contributed by atoms with van der Waals surface area (Å²) < 4.78 is 5.33. The van der Waals surface area contributed by atoms with E-state index in [4.69, 9.17) is 4.74 Å². The summed E-state index contributed by atoms with van der Waals surface area (Å²) in [7, 11) is 1.73. The molecule has 2 heterocycles. The lowest BCUT2D eigenvalue weighted by atomic mass is 10.00. The Hall–Kier alpha value is -1.65. The molecule has 1 saturated heterocycles. The van der Waals surface area contributed by atoms with Gasteiger partial charge in [-0.2, -0.15) is 0 Å². The second kappa shape index (κ2) is 6.41. The molecule has 4 nitrogen and oxygen atoms in total.